The van der Waals surface area contributed by atoms with Crippen LogP contribution in [0.3, 0.4) is 0 Å². The summed E-state index contributed by atoms with van der Waals surface area (Å²) in [5.41, 5.74) is 7.38. The van der Waals surface area contributed by atoms with Gasteiger partial charge in [-0.15, -0.1) is 0 Å². The second-order valence-electron chi connectivity index (χ2n) is 4.72. The zero-order chi connectivity index (χ0) is 14.1. The van der Waals surface area contributed by atoms with Crippen molar-refractivity contribution in [1.29, 1.82) is 0 Å². The lowest BCUT2D eigenvalue weighted by Gasteiger charge is -2.12. The van der Waals surface area contributed by atoms with Crippen molar-refractivity contribution in [2.24, 2.45) is 11.7 Å². The van der Waals surface area contributed by atoms with Gasteiger partial charge < -0.3 is 15.8 Å². The summed E-state index contributed by atoms with van der Waals surface area (Å²) in [4.78, 5) is 11.9. The number of hydrogen-bond donors (Lipinski definition) is 2. The third-order valence-corrected chi connectivity index (χ3v) is 3.02. The van der Waals surface area contributed by atoms with E-state index in [4.69, 9.17) is 10.5 Å². The van der Waals surface area contributed by atoms with Crippen LogP contribution in [0.1, 0.15) is 32.3 Å². The van der Waals surface area contributed by atoms with E-state index in [1.165, 1.54) is 0 Å². The molecule has 1 atom stereocenters. The maximum absolute atomic E-state index is 11.9. The summed E-state index contributed by atoms with van der Waals surface area (Å²) in [6.07, 6.45) is 1.32. The Hall–Kier alpha value is -1.39. The second kappa shape index (κ2) is 8.67. The first-order chi connectivity index (χ1) is 9.17. The Morgan fingerprint density at radius 1 is 1.42 bits per heavy atom. The van der Waals surface area contributed by atoms with Gasteiger partial charge in [-0.25, -0.2) is 0 Å². The summed E-state index contributed by atoms with van der Waals surface area (Å²) in [6, 6.07) is 7.72. The number of carbonyl (C=O) groups is 1. The first-order valence-corrected chi connectivity index (χ1v) is 6.83. The minimum atomic E-state index is 0.0317. The molecule has 1 amide bonds. The van der Waals surface area contributed by atoms with Gasteiger partial charge in [0, 0.05) is 24.3 Å². The van der Waals surface area contributed by atoms with Gasteiger partial charge in [-0.3, -0.25) is 4.79 Å². The number of hydrogen-bond acceptors (Lipinski definition) is 3. The van der Waals surface area contributed by atoms with E-state index < -0.39 is 0 Å². The van der Waals surface area contributed by atoms with Crippen molar-refractivity contribution >= 4 is 11.6 Å². The van der Waals surface area contributed by atoms with Gasteiger partial charge in [0.25, 0.3) is 0 Å². The van der Waals surface area contributed by atoms with Gasteiger partial charge in [-0.2, -0.15) is 0 Å². The van der Waals surface area contributed by atoms with E-state index in [0.717, 1.165) is 17.7 Å². The molecule has 0 aliphatic rings. The molecule has 0 aliphatic carbocycles. The largest absolute Gasteiger partial charge is 0.377 e. The SMILES string of the molecule is CCOCc1ccccc1NC(=O)CCC(C)CN. The van der Waals surface area contributed by atoms with Gasteiger partial charge in [0.05, 0.1) is 6.61 Å². The number of nitrogens with two attached hydrogens (primary N) is 1. The Morgan fingerprint density at radius 2 is 2.16 bits per heavy atom. The van der Waals surface area contributed by atoms with E-state index in [9.17, 15) is 4.79 Å². The monoisotopic (exact) mass is 264 g/mol. The molecule has 1 unspecified atom stereocenters. The van der Waals surface area contributed by atoms with E-state index >= 15 is 0 Å². The van der Waals surface area contributed by atoms with Crippen molar-refractivity contribution in [3.8, 4) is 0 Å². The number of anilines is 1. The summed E-state index contributed by atoms with van der Waals surface area (Å²) in [5, 5.41) is 2.94. The molecule has 0 saturated carbocycles. The fourth-order valence-corrected chi connectivity index (χ4v) is 1.69. The standard InChI is InChI=1S/C15H24N2O2/c1-3-19-11-13-6-4-5-7-14(13)17-15(18)9-8-12(2)10-16/h4-7,12H,3,8-11,16H2,1-2H3,(H,17,18). The molecule has 0 fully saturated rings. The Kier molecular flexibility index (Phi) is 7.15. The molecule has 4 heteroatoms. The average Bonchev–Trinajstić information content (AvgIpc) is 2.43. The lowest BCUT2D eigenvalue weighted by Crippen LogP contribution is -2.17. The number of nitrogens with one attached hydrogen (secondary N) is 1. The molecular formula is C15H24N2O2. The molecular weight excluding hydrogens is 240 g/mol. The van der Waals surface area contributed by atoms with Crippen LogP contribution >= 0.6 is 0 Å². The van der Waals surface area contributed by atoms with Gasteiger partial charge in [0.1, 0.15) is 0 Å². The van der Waals surface area contributed by atoms with Crippen LogP contribution in [0.2, 0.25) is 0 Å². The highest BCUT2D eigenvalue weighted by Crippen LogP contribution is 2.17. The Labute approximate surface area is 115 Å². The molecule has 1 aromatic rings. The molecule has 0 radical (unpaired) electrons. The third-order valence-electron chi connectivity index (χ3n) is 3.02. The highest BCUT2D eigenvalue weighted by Gasteiger charge is 2.08. The summed E-state index contributed by atoms with van der Waals surface area (Å²) < 4.78 is 5.39. The number of benzene rings is 1. The molecule has 19 heavy (non-hydrogen) atoms. The maximum atomic E-state index is 11.9. The first kappa shape index (κ1) is 15.7. The minimum Gasteiger partial charge on any atom is -0.377 e. The van der Waals surface area contributed by atoms with Gasteiger partial charge in [-0.05, 0) is 31.9 Å². The Morgan fingerprint density at radius 3 is 2.84 bits per heavy atom. The van der Waals surface area contributed by atoms with Crippen molar-refractivity contribution in [3.05, 3.63) is 29.8 Å². The molecule has 106 valence electrons. The maximum Gasteiger partial charge on any atom is 0.224 e. The number of amides is 1. The highest BCUT2D eigenvalue weighted by molar-refractivity contribution is 5.91. The molecule has 0 saturated heterocycles. The molecule has 0 spiro atoms. The quantitative estimate of drug-likeness (QED) is 0.758. The Balaban J connectivity index is 2.53. The van der Waals surface area contributed by atoms with Gasteiger partial charge in [-0.1, -0.05) is 25.1 Å². The Bertz CT molecular complexity index is 393. The van der Waals surface area contributed by atoms with Crippen LogP contribution in [0, 0.1) is 5.92 Å². The molecule has 0 heterocycles. The first-order valence-electron chi connectivity index (χ1n) is 6.83. The van der Waals surface area contributed by atoms with E-state index in [0.29, 0.717) is 32.1 Å². The number of para-hydroxylation sites is 1. The van der Waals surface area contributed by atoms with Crippen molar-refractivity contribution in [2.45, 2.75) is 33.3 Å². The zero-order valence-electron chi connectivity index (χ0n) is 11.8. The van der Waals surface area contributed by atoms with Gasteiger partial charge >= 0.3 is 0 Å². The molecule has 0 bridgehead atoms. The van der Waals surface area contributed by atoms with Crippen molar-refractivity contribution in [3.63, 3.8) is 0 Å². The van der Waals surface area contributed by atoms with Crippen molar-refractivity contribution < 1.29 is 9.53 Å². The van der Waals surface area contributed by atoms with Crippen LogP contribution in [0.4, 0.5) is 5.69 Å². The number of rotatable bonds is 8. The fourth-order valence-electron chi connectivity index (χ4n) is 1.69. The topological polar surface area (TPSA) is 64.3 Å². The second-order valence-corrected chi connectivity index (χ2v) is 4.72. The van der Waals surface area contributed by atoms with Crippen LogP contribution < -0.4 is 11.1 Å². The van der Waals surface area contributed by atoms with Crippen LogP contribution in [-0.2, 0) is 16.1 Å². The van der Waals surface area contributed by atoms with E-state index in [1.807, 2.05) is 31.2 Å². The predicted octanol–water partition coefficient (Wildman–Crippen LogP) is 2.54. The number of carbonyl (C=O) groups excluding carboxylic acids is 1. The average molecular weight is 264 g/mol. The molecule has 1 rings (SSSR count). The summed E-state index contributed by atoms with van der Waals surface area (Å²) in [6.45, 7) is 5.81. The molecule has 1 aromatic carbocycles. The minimum absolute atomic E-state index is 0.0317. The normalized spacial score (nSPS) is 12.2. The fraction of sp³-hybridized carbons (Fsp3) is 0.533. The van der Waals surface area contributed by atoms with E-state index in [2.05, 4.69) is 12.2 Å². The molecule has 3 N–H and O–H groups in total. The van der Waals surface area contributed by atoms with Crippen LogP contribution in [-0.4, -0.2) is 19.1 Å². The van der Waals surface area contributed by atoms with E-state index in [-0.39, 0.29) is 5.91 Å². The van der Waals surface area contributed by atoms with Gasteiger partial charge in [0.15, 0.2) is 0 Å². The van der Waals surface area contributed by atoms with Gasteiger partial charge in [0.2, 0.25) is 5.91 Å². The highest BCUT2D eigenvalue weighted by atomic mass is 16.5. The van der Waals surface area contributed by atoms with Crippen molar-refractivity contribution in [2.75, 3.05) is 18.5 Å². The summed E-state index contributed by atoms with van der Waals surface area (Å²) >= 11 is 0. The van der Waals surface area contributed by atoms with E-state index in [1.54, 1.807) is 0 Å². The van der Waals surface area contributed by atoms with Crippen LogP contribution in [0.25, 0.3) is 0 Å². The number of ether oxygens (including phenoxy) is 1. The molecule has 0 aromatic heterocycles. The van der Waals surface area contributed by atoms with Crippen molar-refractivity contribution in [1.82, 2.24) is 0 Å². The zero-order valence-corrected chi connectivity index (χ0v) is 11.8. The smallest absolute Gasteiger partial charge is 0.224 e. The predicted molar refractivity (Wildman–Crippen MR) is 77.9 cm³/mol. The summed E-state index contributed by atoms with van der Waals surface area (Å²) in [7, 11) is 0. The third kappa shape index (κ3) is 5.85. The molecule has 4 nitrogen and oxygen atoms in total. The lowest BCUT2D eigenvalue weighted by atomic mass is 10.1. The van der Waals surface area contributed by atoms with Crippen LogP contribution in [0.5, 0.6) is 0 Å². The lowest BCUT2D eigenvalue weighted by molar-refractivity contribution is -0.116. The molecule has 0 aliphatic heterocycles. The summed E-state index contributed by atoms with van der Waals surface area (Å²) in [5.74, 6) is 0.411. The van der Waals surface area contributed by atoms with Crippen LogP contribution in [0.15, 0.2) is 24.3 Å².